The van der Waals surface area contributed by atoms with Crippen molar-refractivity contribution in [3.8, 4) is 0 Å². The summed E-state index contributed by atoms with van der Waals surface area (Å²) < 4.78 is 0. The lowest BCUT2D eigenvalue weighted by atomic mass is 10.2. The smallest absolute Gasteiger partial charge is 0.0228 e. The highest BCUT2D eigenvalue weighted by Gasteiger charge is 2.02. The van der Waals surface area contributed by atoms with Crippen LogP contribution in [-0.2, 0) is 13.1 Å². The number of rotatable bonds is 6. The lowest BCUT2D eigenvalue weighted by Crippen LogP contribution is -2.10. The van der Waals surface area contributed by atoms with E-state index in [4.69, 9.17) is 0 Å². The fourth-order valence-electron chi connectivity index (χ4n) is 2.28. The molecule has 0 aliphatic rings. The fraction of sp³-hybridized carbons (Fsp3) is 0.333. The second-order valence-corrected chi connectivity index (χ2v) is 7.02. The van der Waals surface area contributed by atoms with Crippen LogP contribution < -0.4 is 0 Å². The molecule has 2 rings (SSSR count). The van der Waals surface area contributed by atoms with Crippen LogP contribution in [0.5, 0.6) is 0 Å². The number of hydrogen-bond donors (Lipinski definition) is 0. The minimum Gasteiger partial charge on any atom is -0.305 e. The van der Waals surface area contributed by atoms with E-state index in [-0.39, 0.29) is 0 Å². The summed E-state index contributed by atoms with van der Waals surface area (Å²) in [6.45, 7) is 1.96. The zero-order valence-corrected chi connectivity index (χ0v) is 14.2. The van der Waals surface area contributed by atoms with Crippen molar-refractivity contribution in [1.29, 1.82) is 0 Å². The first-order valence-corrected chi connectivity index (χ1v) is 8.00. The predicted molar refractivity (Wildman–Crippen MR) is 91.8 cm³/mol. The molecule has 0 spiro atoms. The fourth-order valence-corrected chi connectivity index (χ4v) is 3.27. The molecule has 0 bridgehead atoms. The van der Waals surface area contributed by atoms with Crippen molar-refractivity contribution in [2.45, 2.75) is 22.9 Å². The largest absolute Gasteiger partial charge is 0.305 e. The first-order chi connectivity index (χ1) is 10.0. The van der Waals surface area contributed by atoms with E-state index >= 15 is 0 Å². The van der Waals surface area contributed by atoms with Gasteiger partial charge >= 0.3 is 0 Å². The van der Waals surface area contributed by atoms with Crippen LogP contribution >= 0.6 is 11.8 Å². The standard InChI is InChI=1S/C18H24N2S/c1-19(2)13-15-7-5-9-17(11-15)21-18-10-6-8-16(12-18)14-20(3)4/h5-12H,13-14H2,1-4H3. The van der Waals surface area contributed by atoms with Crippen LogP contribution in [0.2, 0.25) is 0 Å². The maximum Gasteiger partial charge on any atom is 0.0228 e. The predicted octanol–water partition coefficient (Wildman–Crippen LogP) is 3.96. The summed E-state index contributed by atoms with van der Waals surface area (Å²) in [7, 11) is 8.41. The number of hydrogen-bond acceptors (Lipinski definition) is 3. The summed E-state index contributed by atoms with van der Waals surface area (Å²) in [5.41, 5.74) is 2.71. The van der Waals surface area contributed by atoms with Crippen LogP contribution in [-0.4, -0.2) is 38.0 Å². The summed E-state index contributed by atoms with van der Waals surface area (Å²) in [4.78, 5) is 7.00. The van der Waals surface area contributed by atoms with Crippen LogP contribution in [0.15, 0.2) is 58.3 Å². The zero-order chi connectivity index (χ0) is 15.2. The highest BCUT2D eigenvalue weighted by atomic mass is 32.2. The summed E-state index contributed by atoms with van der Waals surface area (Å²) in [5.74, 6) is 0. The second kappa shape index (κ2) is 7.64. The van der Waals surface area contributed by atoms with E-state index in [9.17, 15) is 0 Å². The highest BCUT2D eigenvalue weighted by Crippen LogP contribution is 2.29. The molecular formula is C18H24N2S. The van der Waals surface area contributed by atoms with Crippen molar-refractivity contribution in [1.82, 2.24) is 9.80 Å². The van der Waals surface area contributed by atoms with Gasteiger partial charge in [-0.15, -0.1) is 0 Å². The Labute approximate surface area is 132 Å². The molecule has 0 radical (unpaired) electrons. The molecule has 0 aliphatic carbocycles. The second-order valence-electron chi connectivity index (χ2n) is 5.87. The van der Waals surface area contributed by atoms with Gasteiger partial charge in [0.1, 0.15) is 0 Å². The molecule has 0 N–H and O–H groups in total. The van der Waals surface area contributed by atoms with Crippen LogP contribution in [0.25, 0.3) is 0 Å². The van der Waals surface area contributed by atoms with Crippen molar-refractivity contribution < 1.29 is 0 Å². The van der Waals surface area contributed by atoms with E-state index in [0.717, 1.165) is 13.1 Å². The van der Waals surface area contributed by atoms with Crippen LogP contribution in [0.3, 0.4) is 0 Å². The molecule has 3 heteroatoms. The molecule has 0 amide bonds. The van der Waals surface area contributed by atoms with Gasteiger partial charge in [0.2, 0.25) is 0 Å². The third-order valence-corrected chi connectivity index (χ3v) is 4.01. The highest BCUT2D eigenvalue weighted by molar-refractivity contribution is 7.99. The normalized spacial score (nSPS) is 11.3. The Morgan fingerprint density at radius 2 is 1.14 bits per heavy atom. The monoisotopic (exact) mass is 300 g/mol. The van der Waals surface area contributed by atoms with E-state index in [0.29, 0.717) is 0 Å². The van der Waals surface area contributed by atoms with E-state index < -0.39 is 0 Å². The average molecular weight is 300 g/mol. The minimum atomic E-state index is 0.981. The Bertz CT molecular complexity index is 527. The van der Waals surface area contributed by atoms with Crippen molar-refractivity contribution in [3.05, 3.63) is 59.7 Å². The first kappa shape index (κ1) is 16.1. The van der Waals surface area contributed by atoms with Gasteiger partial charge in [-0.05, 0) is 63.6 Å². The van der Waals surface area contributed by atoms with Crippen LogP contribution in [0.1, 0.15) is 11.1 Å². The molecule has 0 saturated heterocycles. The van der Waals surface area contributed by atoms with Gasteiger partial charge in [-0.25, -0.2) is 0 Å². The zero-order valence-electron chi connectivity index (χ0n) is 13.3. The van der Waals surface area contributed by atoms with Gasteiger partial charge in [-0.3, -0.25) is 0 Å². The van der Waals surface area contributed by atoms with Crippen molar-refractivity contribution in [3.63, 3.8) is 0 Å². The van der Waals surface area contributed by atoms with E-state index in [1.807, 2.05) is 11.8 Å². The maximum absolute atomic E-state index is 2.28. The molecule has 2 aromatic carbocycles. The molecule has 0 aromatic heterocycles. The Kier molecular flexibility index (Phi) is 5.85. The first-order valence-electron chi connectivity index (χ1n) is 7.18. The Hall–Kier alpha value is -1.29. The van der Waals surface area contributed by atoms with Gasteiger partial charge in [0.15, 0.2) is 0 Å². The van der Waals surface area contributed by atoms with Gasteiger partial charge in [-0.2, -0.15) is 0 Å². The molecule has 2 aromatic rings. The van der Waals surface area contributed by atoms with E-state index in [2.05, 4.69) is 86.5 Å². The van der Waals surface area contributed by atoms with Crippen molar-refractivity contribution >= 4 is 11.8 Å². The number of benzene rings is 2. The molecule has 0 heterocycles. The molecule has 0 atom stereocenters. The van der Waals surface area contributed by atoms with Crippen molar-refractivity contribution in [2.24, 2.45) is 0 Å². The molecule has 2 nitrogen and oxygen atoms in total. The quantitative estimate of drug-likeness (QED) is 0.797. The lowest BCUT2D eigenvalue weighted by molar-refractivity contribution is 0.402. The summed E-state index contributed by atoms with van der Waals surface area (Å²) in [6.07, 6.45) is 0. The number of nitrogens with zero attached hydrogens (tertiary/aromatic N) is 2. The molecule has 21 heavy (non-hydrogen) atoms. The molecular weight excluding hydrogens is 276 g/mol. The van der Waals surface area contributed by atoms with Gasteiger partial charge < -0.3 is 9.80 Å². The summed E-state index contributed by atoms with van der Waals surface area (Å²) in [5, 5.41) is 0. The van der Waals surface area contributed by atoms with E-state index in [1.165, 1.54) is 20.9 Å². The Balaban J connectivity index is 2.10. The Morgan fingerprint density at radius 3 is 1.52 bits per heavy atom. The van der Waals surface area contributed by atoms with E-state index in [1.54, 1.807) is 0 Å². The summed E-state index contributed by atoms with van der Waals surface area (Å²) >= 11 is 1.83. The average Bonchev–Trinajstić information content (AvgIpc) is 2.37. The van der Waals surface area contributed by atoms with Gasteiger partial charge in [-0.1, -0.05) is 36.0 Å². The van der Waals surface area contributed by atoms with Gasteiger partial charge in [0.25, 0.3) is 0 Å². The van der Waals surface area contributed by atoms with Crippen LogP contribution in [0.4, 0.5) is 0 Å². The van der Waals surface area contributed by atoms with Crippen LogP contribution in [0, 0.1) is 0 Å². The molecule has 0 saturated carbocycles. The molecule has 112 valence electrons. The third-order valence-electron chi connectivity index (χ3n) is 3.03. The summed E-state index contributed by atoms with van der Waals surface area (Å²) in [6, 6.07) is 17.6. The minimum absolute atomic E-state index is 0.981. The third kappa shape index (κ3) is 5.54. The molecule has 0 fully saturated rings. The SMILES string of the molecule is CN(C)Cc1cccc(Sc2cccc(CN(C)C)c2)c1. The lowest BCUT2D eigenvalue weighted by Gasteiger charge is -2.12. The molecule has 0 aliphatic heterocycles. The van der Waals surface area contributed by atoms with Gasteiger partial charge in [0.05, 0.1) is 0 Å². The molecule has 0 unspecified atom stereocenters. The Morgan fingerprint density at radius 1 is 0.714 bits per heavy atom. The topological polar surface area (TPSA) is 6.48 Å². The van der Waals surface area contributed by atoms with Gasteiger partial charge in [0, 0.05) is 22.9 Å². The maximum atomic E-state index is 2.28. The van der Waals surface area contributed by atoms with Crippen molar-refractivity contribution in [2.75, 3.05) is 28.2 Å².